The molecule has 0 radical (unpaired) electrons. The second-order valence-corrected chi connectivity index (χ2v) is 14.8. The second-order valence-electron chi connectivity index (χ2n) is 13.5. The molecule has 0 aliphatic carbocycles. The lowest BCUT2D eigenvalue weighted by Gasteiger charge is -2.39. The number of carbonyl (C=O) groups excluding carboxylic acids is 4. The first-order valence-corrected chi connectivity index (χ1v) is 18.7. The second kappa shape index (κ2) is 15.6. The van der Waals surface area contributed by atoms with E-state index in [1.807, 2.05) is 12.1 Å². The zero-order chi connectivity index (χ0) is 37.3. The largest absolute Gasteiger partial charge is 0.455 e. The maximum atomic E-state index is 15.3. The molecule has 1 spiro atoms. The first kappa shape index (κ1) is 37.0. The summed E-state index contributed by atoms with van der Waals surface area (Å²) in [6.45, 7) is -0.436. The lowest BCUT2D eigenvalue weighted by molar-refractivity contribution is -0.162. The first-order valence-electron chi connectivity index (χ1n) is 17.5. The fourth-order valence-electron chi connectivity index (χ4n) is 8.10. The molecule has 3 aromatic rings. The Kier molecular flexibility index (Phi) is 10.9. The molecule has 4 aliphatic rings. The smallest absolute Gasteiger partial charge is 0.313 e. The van der Waals surface area contributed by atoms with Gasteiger partial charge in [-0.1, -0.05) is 112 Å². The summed E-state index contributed by atoms with van der Waals surface area (Å²) in [7, 11) is 1.49. The first-order chi connectivity index (χ1) is 25.7. The van der Waals surface area contributed by atoms with Gasteiger partial charge >= 0.3 is 5.97 Å². The molecule has 3 aromatic carbocycles. The van der Waals surface area contributed by atoms with Crippen LogP contribution in [0.15, 0.2) is 108 Å². The Morgan fingerprint density at radius 3 is 2.36 bits per heavy atom. The minimum Gasteiger partial charge on any atom is -0.455 e. The van der Waals surface area contributed by atoms with E-state index in [0.717, 1.165) is 0 Å². The van der Waals surface area contributed by atoms with Crippen molar-refractivity contribution in [3.05, 3.63) is 124 Å². The van der Waals surface area contributed by atoms with E-state index < -0.39 is 72.2 Å². The van der Waals surface area contributed by atoms with Crippen LogP contribution < -0.4 is 10.2 Å². The van der Waals surface area contributed by atoms with Crippen molar-refractivity contribution in [2.75, 3.05) is 31.8 Å². The third-order valence-corrected chi connectivity index (χ3v) is 11.4. The normalized spacial score (nSPS) is 30.1. The van der Waals surface area contributed by atoms with E-state index in [0.29, 0.717) is 32.7 Å². The number of amides is 3. The van der Waals surface area contributed by atoms with Crippen molar-refractivity contribution < 1.29 is 38.5 Å². The van der Waals surface area contributed by atoms with Crippen molar-refractivity contribution >= 4 is 56.9 Å². The summed E-state index contributed by atoms with van der Waals surface area (Å²) < 4.78 is 19.0. The number of cyclic esters (lactones) is 1. The van der Waals surface area contributed by atoms with Gasteiger partial charge in [-0.3, -0.25) is 19.2 Å². The molecule has 53 heavy (non-hydrogen) atoms. The van der Waals surface area contributed by atoms with E-state index in [1.165, 1.54) is 16.9 Å². The molecule has 13 heteroatoms. The summed E-state index contributed by atoms with van der Waals surface area (Å²) in [4.78, 5) is 61.2. The van der Waals surface area contributed by atoms with Crippen LogP contribution >= 0.6 is 27.5 Å². The molecule has 4 aliphatic heterocycles. The lowest BCUT2D eigenvalue weighted by Crippen LogP contribution is -2.57. The summed E-state index contributed by atoms with van der Waals surface area (Å²) in [5.74, 6) is -4.48. The van der Waals surface area contributed by atoms with Crippen molar-refractivity contribution in [2.24, 2.45) is 11.8 Å². The number of nitrogens with zero attached hydrogens (tertiary/aromatic N) is 2. The molecule has 2 saturated heterocycles. The van der Waals surface area contributed by atoms with Crippen LogP contribution in [0.5, 0.6) is 0 Å². The number of allylic oxidation sites excluding steroid dienone is 1. The number of para-hydroxylation sites is 1. The van der Waals surface area contributed by atoms with E-state index in [-0.39, 0.29) is 25.5 Å². The van der Waals surface area contributed by atoms with Gasteiger partial charge in [0.25, 0.3) is 5.91 Å². The molecular weight excluding hydrogens is 766 g/mol. The number of halogens is 2. The summed E-state index contributed by atoms with van der Waals surface area (Å²) >= 11 is 10.3. The molecule has 0 unspecified atom stereocenters. The molecule has 4 heterocycles. The van der Waals surface area contributed by atoms with Crippen molar-refractivity contribution in [3.63, 3.8) is 0 Å². The average Bonchev–Trinajstić information content (AvgIpc) is 3.76. The van der Waals surface area contributed by atoms with Gasteiger partial charge in [-0.05, 0) is 35.8 Å². The van der Waals surface area contributed by atoms with Crippen LogP contribution in [0.1, 0.15) is 36.1 Å². The van der Waals surface area contributed by atoms with Crippen molar-refractivity contribution in [2.45, 2.75) is 48.8 Å². The molecule has 5 bridgehead atoms. The van der Waals surface area contributed by atoms with Gasteiger partial charge in [-0.2, -0.15) is 0 Å². The van der Waals surface area contributed by atoms with Crippen LogP contribution in [-0.4, -0.2) is 84.4 Å². The van der Waals surface area contributed by atoms with E-state index in [1.54, 1.807) is 91.0 Å². The Hall–Kier alpha value is -4.33. The lowest BCUT2D eigenvalue weighted by atomic mass is 9.74. The van der Waals surface area contributed by atoms with Crippen molar-refractivity contribution in [3.8, 4) is 0 Å². The van der Waals surface area contributed by atoms with Crippen LogP contribution in [0.2, 0.25) is 5.02 Å². The monoisotopic (exact) mass is 803 g/mol. The van der Waals surface area contributed by atoms with Gasteiger partial charge in [-0.25, -0.2) is 0 Å². The highest BCUT2D eigenvalue weighted by atomic mass is 79.9. The summed E-state index contributed by atoms with van der Waals surface area (Å²) in [6, 6.07) is 21.8. The minimum atomic E-state index is -1.62. The minimum absolute atomic E-state index is 0.0291. The van der Waals surface area contributed by atoms with Crippen molar-refractivity contribution in [1.82, 2.24) is 10.2 Å². The topological polar surface area (TPSA) is 135 Å². The predicted octanol–water partition coefficient (Wildman–Crippen LogP) is 5.05. The molecule has 0 aromatic heterocycles. The third kappa shape index (κ3) is 6.72. The van der Waals surface area contributed by atoms with Gasteiger partial charge in [-0.15, -0.1) is 0 Å². The van der Waals surface area contributed by atoms with Gasteiger partial charge in [0.1, 0.15) is 29.8 Å². The summed E-state index contributed by atoms with van der Waals surface area (Å²) in [5.41, 5.74) is -0.0144. The Morgan fingerprint density at radius 1 is 0.962 bits per heavy atom. The average molecular weight is 805 g/mol. The highest BCUT2D eigenvalue weighted by molar-refractivity contribution is 9.11. The van der Waals surface area contributed by atoms with E-state index in [2.05, 4.69) is 21.2 Å². The maximum Gasteiger partial charge on any atom is 0.313 e. The van der Waals surface area contributed by atoms with Crippen LogP contribution in [0, 0.1) is 11.8 Å². The van der Waals surface area contributed by atoms with Crippen LogP contribution in [0.4, 0.5) is 5.69 Å². The number of likely N-dealkylation sites (tertiary alicyclic amines) is 1. The standard InChI is InChI=1S/C40H39BrClN3O8/c1-51-23-28-34(25-15-7-3-8-16-25)52-39(50)32-33-37(48)45(30(22-46)24-13-5-2-6-14-24)36(40(33)21-26(41)35(32)53-40)38(49)44(29-18-11-10-17-27(29)42)20-12-4-9-19-31(47)43-28/h2-8,10-18,21,28,30,32-36,46H,9,19-20,22-23H2,1H3,(H,43,47)/b12-4-/t28-,30+,32+,33-,34-,35+,36+,40-/m0/s1. The van der Waals surface area contributed by atoms with Crippen LogP contribution in [0.25, 0.3) is 0 Å². The number of nitrogens with one attached hydrogen (secondary N) is 1. The molecule has 2 N–H and O–H groups in total. The molecule has 276 valence electrons. The zero-order valence-electron chi connectivity index (χ0n) is 28.8. The number of aliphatic hydroxyl groups excluding tert-OH is 1. The number of aliphatic hydroxyl groups is 1. The number of hydrogen-bond donors (Lipinski definition) is 2. The fraction of sp³-hybridized carbons (Fsp3) is 0.350. The maximum absolute atomic E-state index is 15.3. The van der Waals surface area contributed by atoms with Gasteiger partial charge < -0.3 is 34.4 Å². The van der Waals surface area contributed by atoms with Gasteiger partial charge in [0, 0.05) is 24.6 Å². The quantitative estimate of drug-likeness (QED) is 0.251. The molecule has 3 amide bonds. The third-order valence-electron chi connectivity index (χ3n) is 10.4. The van der Waals surface area contributed by atoms with Crippen molar-refractivity contribution in [1.29, 1.82) is 0 Å². The number of carbonyl (C=O) groups is 4. The van der Waals surface area contributed by atoms with E-state index in [4.69, 9.17) is 25.8 Å². The number of methoxy groups -OCH3 is 1. The highest BCUT2D eigenvalue weighted by Gasteiger charge is 2.75. The van der Waals surface area contributed by atoms with Crippen LogP contribution in [-0.2, 0) is 33.4 Å². The van der Waals surface area contributed by atoms with Crippen LogP contribution in [0.3, 0.4) is 0 Å². The highest BCUT2D eigenvalue weighted by Crippen LogP contribution is 2.60. The molecule has 0 saturated carbocycles. The molecule has 8 atom stereocenters. The van der Waals surface area contributed by atoms with Gasteiger partial charge in [0.2, 0.25) is 11.8 Å². The van der Waals surface area contributed by atoms with Gasteiger partial charge in [0.05, 0.1) is 41.9 Å². The summed E-state index contributed by atoms with van der Waals surface area (Å²) in [5, 5.41) is 14.2. The molecular formula is C40H39BrClN3O8. The molecule has 7 rings (SSSR count). The Bertz CT molecular complexity index is 1930. The Morgan fingerprint density at radius 2 is 1.66 bits per heavy atom. The SMILES string of the molecule is COC[C@@H]1NC(=O)CC/C=C\CN(c2ccccc2Cl)C(=O)[C@H]2N([C@H](CO)c3ccccc3)C(=O)[C@@H]3[C@@H](C(=O)O[C@H]1c1ccccc1)[C@@H]1O[C@@]32C=C1Br. The van der Waals surface area contributed by atoms with E-state index >= 15 is 9.59 Å². The zero-order valence-corrected chi connectivity index (χ0v) is 31.2. The Balaban J connectivity index is 1.40. The van der Waals surface area contributed by atoms with Gasteiger partial charge in [0.15, 0.2) is 0 Å². The van der Waals surface area contributed by atoms with E-state index in [9.17, 15) is 14.7 Å². The number of anilines is 1. The number of ether oxygens (including phenoxy) is 3. The summed E-state index contributed by atoms with van der Waals surface area (Å²) in [6.07, 6.45) is 3.81. The fourth-order valence-corrected chi connectivity index (χ4v) is 9.07. The molecule has 2 fully saturated rings. The predicted molar refractivity (Wildman–Crippen MR) is 200 cm³/mol. The number of fused-ring (bicyclic) bond motifs is 2. The molecule has 11 nitrogen and oxygen atoms in total. The number of hydrogen-bond acceptors (Lipinski definition) is 8. The number of rotatable bonds is 7. The number of esters is 1. The number of benzene rings is 3. The Labute approximate surface area is 320 Å².